The quantitative estimate of drug-likeness (QED) is 0.784. The number of hydrogen-bond donors (Lipinski definition) is 0. The van der Waals surface area contributed by atoms with Crippen molar-refractivity contribution in [1.82, 2.24) is 9.88 Å². The van der Waals surface area contributed by atoms with E-state index in [-0.39, 0.29) is 17.8 Å². The van der Waals surface area contributed by atoms with Gasteiger partial charge in [0.1, 0.15) is 0 Å². The molecule has 0 saturated carbocycles. The molecule has 0 aliphatic carbocycles. The first-order valence-corrected chi connectivity index (χ1v) is 7.00. The van der Waals surface area contributed by atoms with E-state index in [1.165, 1.54) is 0 Å². The van der Waals surface area contributed by atoms with Crippen LogP contribution < -0.4 is 4.74 Å². The molecule has 20 heavy (non-hydrogen) atoms. The van der Waals surface area contributed by atoms with Crippen LogP contribution in [0, 0.1) is 5.92 Å². The monoisotopic (exact) mass is 278 g/mol. The Labute approximate surface area is 119 Å². The Bertz CT molecular complexity index is 447. The standard InChI is InChI=1S/C15H22N2O3/c1-4-20-15(18)12-7-8-17(2)10-13(12)11-5-6-14(19-3)16-9-11/h5-6,9,12-13H,4,7-8,10H2,1-3H3. The van der Waals surface area contributed by atoms with Crippen LogP contribution >= 0.6 is 0 Å². The zero-order chi connectivity index (χ0) is 14.5. The van der Waals surface area contributed by atoms with E-state index in [1.54, 1.807) is 13.3 Å². The van der Waals surface area contributed by atoms with Gasteiger partial charge in [0, 0.05) is 24.7 Å². The molecule has 2 unspecified atom stereocenters. The minimum absolute atomic E-state index is 0.0821. The number of pyridine rings is 1. The van der Waals surface area contributed by atoms with E-state index in [2.05, 4.69) is 16.9 Å². The number of carbonyl (C=O) groups is 1. The van der Waals surface area contributed by atoms with E-state index in [0.29, 0.717) is 12.5 Å². The molecule has 5 heteroatoms. The molecule has 2 rings (SSSR count). The molecular weight excluding hydrogens is 256 g/mol. The Morgan fingerprint density at radius 3 is 2.90 bits per heavy atom. The maximum absolute atomic E-state index is 12.1. The number of carbonyl (C=O) groups excluding carboxylic acids is 1. The van der Waals surface area contributed by atoms with E-state index < -0.39 is 0 Å². The predicted molar refractivity (Wildman–Crippen MR) is 75.8 cm³/mol. The zero-order valence-electron chi connectivity index (χ0n) is 12.3. The van der Waals surface area contributed by atoms with Crippen LogP contribution in [0.3, 0.4) is 0 Å². The maximum Gasteiger partial charge on any atom is 0.309 e. The summed E-state index contributed by atoms with van der Waals surface area (Å²) in [5, 5.41) is 0. The van der Waals surface area contributed by atoms with Crippen molar-refractivity contribution in [3.63, 3.8) is 0 Å². The average molecular weight is 278 g/mol. The summed E-state index contributed by atoms with van der Waals surface area (Å²) in [6, 6.07) is 3.83. The highest BCUT2D eigenvalue weighted by Crippen LogP contribution is 2.33. The second-order valence-corrected chi connectivity index (χ2v) is 5.15. The molecule has 0 bridgehead atoms. The number of likely N-dealkylation sites (tertiary alicyclic amines) is 1. The maximum atomic E-state index is 12.1. The number of methoxy groups -OCH3 is 1. The average Bonchev–Trinajstić information content (AvgIpc) is 2.47. The van der Waals surface area contributed by atoms with Crippen molar-refractivity contribution in [1.29, 1.82) is 0 Å². The molecule has 1 saturated heterocycles. The molecule has 1 aromatic rings. The largest absolute Gasteiger partial charge is 0.481 e. The van der Waals surface area contributed by atoms with Gasteiger partial charge >= 0.3 is 5.97 Å². The van der Waals surface area contributed by atoms with Gasteiger partial charge in [-0.15, -0.1) is 0 Å². The number of ether oxygens (including phenoxy) is 2. The molecule has 0 N–H and O–H groups in total. The fourth-order valence-electron chi connectivity index (χ4n) is 2.72. The van der Waals surface area contributed by atoms with Gasteiger partial charge in [-0.05, 0) is 32.5 Å². The van der Waals surface area contributed by atoms with Crippen LogP contribution in [0.1, 0.15) is 24.8 Å². The number of likely N-dealkylation sites (N-methyl/N-ethyl adjacent to an activating group) is 1. The Morgan fingerprint density at radius 1 is 1.50 bits per heavy atom. The molecule has 0 aromatic carbocycles. The highest BCUT2D eigenvalue weighted by atomic mass is 16.5. The van der Waals surface area contributed by atoms with E-state index in [0.717, 1.165) is 25.1 Å². The Kier molecular flexibility index (Phi) is 4.95. The summed E-state index contributed by atoms with van der Waals surface area (Å²) >= 11 is 0. The minimum atomic E-state index is -0.0959. The first-order chi connectivity index (χ1) is 9.65. The molecule has 0 amide bonds. The van der Waals surface area contributed by atoms with Crippen LogP contribution in [0.2, 0.25) is 0 Å². The van der Waals surface area contributed by atoms with Crippen LogP contribution in [0.25, 0.3) is 0 Å². The van der Waals surface area contributed by atoms with Crippen LogP contribution in [0.5, 0.6) is 5.88 Å². The number of rotatable bonds is 4. The smallest absolute Gasteiger partial charge is 0.309 e. The molecule has 0 spiro atoms. The fraction of sp³-hybridized carbons (Fsp3) is 0.600. The van der Waals surface area contributed by atoms with Gasteiger partial charge in [0.15, 0.2) is 0 Å². The van der Waals surface area contributed by atoms with Gasteiger partial charge in [-0.3, -0.25) is 4.79 Å². The van der Waals surface area contributed by atoms with E-state index in [9.17, 15) is 4.79 Å². The molecule has 110 valence electrons. The van der Waals surface area contributed by atoms with Gasteiger partial charge in [0.2, 0.25) is 5.88 Å². The lowest BCUT2D eigenvalue weighted by molar-refractivity contribution is -0.150. The predicted octanol–water partition coefficient (Wildman–Crippen LogP) is 1.69. The van der Waals surface area contributed by atoms with Gasteiger partial charge < -0.3 is 14.4 Å². The van der Waals surface area contributed by atoms with E-state index in [4.69, 9.17) is 9.47 Å². The molecule has 1 aliphatic rings. The van der Waals surface area contributed by atoms with Crippen molar-refractivity contribution in [2.75, 3.05) is 33.9 Å². The van der Waals surface area contributed by atoms with Gasteiger partial charge in [-0.1, -0.05) is 6.07 Å². The Balaban J connectivity index is 2.20. The first kappa shape index (κ1) is 14.8. The number of hydrogen-bond acceptors (Lipinski definition) is 5. The number of piperidine rings is 1. The molecule has 1 aliphatic heterocycles. The third kappa shape index (κ3) is 3.28. The van der Waals surface area contributed by atoms with Crippen molar-refractivity contribution < 1.29 is 14.3 Å². The van der Waals surface area contributed by atoms with Crippen molar-refractivity contribution in [2.24, 2.45) is 5.92 Å². The Morgan fingerprint density at radius 2 is 2.30 bits per heavy atom. The first-order valence-electron chi connectivity index (χ1n) is 7.00. The summed E-state index contributed by atoms with van der Waals surface area (Å²) in [7, 11) is 3.67. The van der Waals surface area contributed by atoms with Crippen LogP contribution in [-0.4, -0.2) is 49.7 Å². The molecule has 0 radical (unpaired) electrons. The second kappa shape index (κ2) is 6.70. The van der Waals surface area contributed by atoms with Gasteiger partial charge in [0.05, 0.1) is 19.6 Å². The molecule has 5 nitrogen and oxygen atoms in total. The summed E-state index contributed by atoms with van der Waals surface area (Å²) in [6.45, 7) is 4.04. The number of esters is 1. The summed E-state index contributed by atoms with van der Waals surface area (Å²) < 4.78 is 10.3. The van der Waals surface area contributed by atoms with Crippen molar-refractivity contribution >= 4 is 5.97 Å². The SMILES string of the molecule is CCOC(=O)C1CCN(C)CC1c1ccc(OC)nc1. The number of aromatic nitrogens is 1. The lowest BCUT2D eigenvalue weighted by Gasteiger charge is -2.35. The summed E-state index contributed by atoms with van der Waals surface area (Å²) in [6.07, 6.45) is 2.63. The van der Waals surface area contributed by atoms with Crippen molar-refractivity contribution in [3.05, 3.63) is 23.9 Å². The lowest BCUT2D eigenvalue weighted by atomic mass is 9.81. The summed E-state index contributed by atoms with van der Waals surface area (Å²) in [4.78, 5) is 18.6. The van der Waals surface area contributed by atoms with Gasteiger partial charge in [-0.25, -0.2) is 4.98 Å². The van der Waals surface area contributed by atoms with Crippen LogP contribution in [0.15, 0.2) is 18.3 Å². The Hall–Kier alpha value is -1.62. The second-order valence-electron chi connectivity index (χ2n) is 5.15. The van der Waals surface area contributed by atoms with Gasteiger partial charge in [-0.2, -0.15) is 0 Å². The molecule has 2 atom stereocenters. The molecule has 2 heterocycles. The molecular formula is C15H22N2O3. The zero-order valence-corrected chi connectivity index (χ0v) is 12.3. The number of nitrogens with zero attached hydrogens (tertiary/aromatic N) is 2. The summed E-state index contributed by atoms with van der Waals surface area (Å²) in [5.74, 6) is 0.541. The van der Waals surface area contributed by atoms with E-state index in [1.807, 2.05) is 19.1 Å². The third-order valence-corrected chi connectivity index (χ3v) is 3.80. The normalized spacial score (nSPS) is 23.4. The lowest BCUT2D eigenvalue weighted by Crippen LogP contribution is -2.40. The van der Waals surface area contributed by atoms with Crippen molar-refractivity contribution in [2.45, 2.75) is 19.3 Å². The fourth-order valence-corrected chi connectivity index (χ4v) is 2.72. The minimum Gasteiger partial charge on any atom is -0.481 e. The third-order valence-electron chi connectivity index (χ3n) is 3.80. The molecule has 1 aromatic heterocycles. The highest BCUT2D eigenvalue weighted by molar-refractivity contribution is 5.74. The molecule has 1 fully saturated rings. The van der Waals surface area contributed by atoms with Crippen LogP contribution in [-0.2, 0) is 9.53 Å². The highest BCUT2D eigenvalue weighted by Gasteiger charge is 2.35. The van der Waals surface area contributed by atoms with Crippen LogP contribution in [0.4, 0.5) is 0 Å². The topological polar surface area (TPSA) is 51.7 Å². The van der Waals surface area contributed by atoms with Crippen molar-refractivity contribution in [3.8, 4) is 5.88 Å². The van der Waals surface area contributed by atoms with Gasteiger partial charge in [0.25, 0.3) is 0 Å². The summed E-state index contributed by atoms with van der Waals surface area (Å²) in [5.41, 5.74) is 1.07. The van der Waals surface area contributed by atoms with E-state index >= 15 is 0 Å².